The van der Waals surface area contributed by atoms with Crippen molar-refractivity contribution in [3.05, 3.63) is 70.7 Å². The quantitative estimate of drug-likeness (QED) is 0.754. The lowest BCUT2D eigenvalue weighted by Crippen LogP contribution is -2.30. The molecule has 2 aromatic carbocycles. The maximum Gasteiger partial charge on any atom is 0.338 e. The predicted octanol–water partition coefficient (Wildman–Crippen LogP) is 4.02. The van der Waals surface area contributed by atoms with E-state index in [1.165, 1.54) is 5.56 Å². The fourth-order valence-electron chi connectivity index (χ4n) is 2.27. The normalized spacial score (nSPS) is 12.2. The minimum absolute atomic E-state index is 0.183. The van der Waals surface area contributed by atoms with Crippen molar-refractivity contribution in [1.29, 1.82) is 0 Å². The van der Waals surface area contributed by atoms with Crippen molar-refractivity contribution in [3.63, 3.8) is 0 Å². The molecule has 22 heavy (non-hydrogen) atoms. The molecule has 0 unspecified atom stereocenters. The van der Waals surface area contributed by atoms with Gasteiger partial charge < -0.3 is 4.74 Å². The molecule has 0 saturated heterocycles. The summed E-state index contributed by atoms with van der Waals surface area (Å²) < 4.78 is 5.46. The fourth-order valence-corrected chi connectivity index (χ4v) is 2.40. The Labute approximate surface area is 136 Å². The van der Waals surface area contributed by atoms with Crippen molar-refractivity contribution in [2.24, 2.45) is 0 Å². The molecule has 4 heteroatoms. The predicted molar refractivity (Wildman–Crippen MR) is 89.1 cm³/mol. The number of halogens is 1. The summed E-state index contributed by atoms with van der Waals surface area (Å²) in [4.78, 5) is 14.2. The zero-order valence-corrected chi connectivity index (χ0v) is 13.6. The fraction of sp³-hybridized carbons (Fsp3) is 0.278. The number of hydrogen-bond acceptors (Lipinski definition) is 3. The van der Waals surface area contributed by atoms with Crippen molar-refractivity contribution in [2.75, 3.05) is 13.6 Å². The number of hydrogen-bond donors (Lipinski definition) is 0. The lowest BCUT2D eigenvalue weighted by atomic mass is 10.2. The van der Waals surface area contributed by atoms with Gasteiger partial charge in [0, 0.05) is 18.1 Å². The van der Waals surface area contributed by atoms with E-state index in [1.807, 2.05) is 32.2 Å². The first-order chi connectivity index (χ1) is 10.5. The second-order valence-corrected chi connectivity index (χ2v) is 5.84. The second-order valence-electron chi connectivity index (χ2n) is 5.41. The minimum atomic E-state index is -0.322. The van der Waals surface area contributed by atoms with Gasteiger partial charge in [-0.1, -0.05) is 41.9 Å². The van der Waals surface area contributed by atoms with Crippen LogP contribution in [0, 0.1) is 0 Å². The van der Waals surface area contributed by atoms with Crippen LogP contribution in [0.1, 0.15) is 22.8 Å². The largest absolute Gasteiger partial charge is 0.458 e. The lowest BCUT2D eigenvalue weighted by molar-refractivity contribution is 0.0268. The molecule has 0 saturated carbocycles. The molecule has 0 aromatic heterocycles. The van der Waals surface area contributed by atoms with Crippen LogP contribution in [0.5, 0.6) is 0 Å². The Kier molecular flexibility index (Phi) is 5.99. The first-order valence-electron chi connectivity index (χ1n) is 7.23. The standard InChI is InChI=1S/C18H20ClNO2/c1-14(12-20(2)13-15-6-4-3-5-7-15)22-18(21)16-8-10-17(19)11-9-16/h3-11,14H,12-13H2,1-2H3/t14-/m0/s1. The summed E-state index contributed by atoms with van der Waals surface area (Å²) in [6.45, 7) is 3.40. The summed E-state index contributed by atoms with van der Waals surface area (Å²) in [5.41, 5.74) is 1.75. The van der Waals surface area contributed by atoms with Crippen LogP contribution in [0.2, 0.25) is 5.02 Å². The summed E-state index contributed by atoms with van der Waals surface area (Å²) in [5.74, 6) is -0.322. The van der Waals surface area contributed by atoms with Gasteiger partial charge in [-0.2, -0.15) is 0 Å². The van der Waals surface area contributed by atoms with Crippen LogP contribution in [-0.4, -0.2) is 30.6 Å². The molecular formula is C18H20ClNO2. The topological polar surface area (TPSA) is 29.5 Å². The van der Waals surface area contributed by atoms with Crippen LogP contribution in [0.3, 0.4) is 0 Å². The molecule has 0 fully saturated rings. The molecule has 0 aliphatic rings. The zero-order chi connectivity index (χ0) is 15.9. The third kappa shape index (κ3) is 5.17. The van der Waals surface area contributed by atoms with Gasteiger partial charge in [0.05, 0.1) is 5.56 Å². The van der Waals surface area contributed by atoms with Crippen LogP contribution in [-0.2, 0) is 11.3 Å². The molecule has 0 radical (unpaired) electrons. The van der Waals surface area contributed by atoms with Crippen molar-refractivity contribution in [1.82, 2.24) is 4.90 Å². The van der Waals surface area contributed by atoms with Crippen molar-refractivity contribution < 1.29 is 9.53 Å². The highest BCUT2D eigenvalue weighted by atomic mass is 35.5. The van der Waals surface area contributed by atoms with E-state index >= 15 is 0 Å². The smallest absolute Gasteiger partial charge is 0.338 e. The Balaban J connectivity index is 1.83. The Morgan fingerprint density at radius 1 is 1.14 bits per heavy atom. The van der Waals surface area contributed by atoms with Gasteiger partial charge in [-0.05, 0) is 43.8 Å². The van der Waals surface area contributed by atoms with Crippen LogP contribution >= 0.6 is 11.6 Å². The van der Waals surface area contributed by atoms with Gasteiger partial charge in [0.2, 0.25) is 0 Å². The van der Waals surface area contributed by atoms with E-state index in [0.29, 0.717) is 17.1 Å². The average Bonchev–Trinajstić information content (AvgIpc) is 2.48. The first-order valence-corrected chi connectivity index (χ1v) is 7.61. The van der Waals surface area contributed by atoms with Crippen molar-refractivity contribution in [3.8, 4) is 0 Å². The van der Waals surface area contributed by atoms with E-state index in [9.17, 15) is 4.79 Å². The number of nitrogens with zero attached hydrogens (tertiary/aromatic N) is 1. The number of rotatable bonds is 6. The van der Waals surface area contributed by atoms with Crippen LogP contribution in [0.25, 0.3) is 0 Å². The first kappa shape index (κ1) is 16.5. The molecule has 2 aromatic rings. The molecule has 3 nitrogen and oxygen atoms in total. The Bertz CT molecular complexity index is 598. The Hall–Kier alpha value is -1.84. The van der Waals surface area contributed by atoms with E-state index in [4.69, 9.17) is 16.3 Å². The number of ether oxygens (including phenoxy) is 1. The number of carbonyl (C=O) groups excluding carboxylic acids is 1. The summed E-state index contributed by atoms with van der Waals surface area (Å²) in [7, 11) is 2.01. The van der Waals surface area contributed by atoms with E-state index < -0.39 is 0 Å². The molecule has 0 aliphatic carbocycles. The van der Waals surface area contributed by atoms with Gasteiger partial charge in [0.25, 0.3) is 0 Å². The minimum Gasteiger partial charge on any atom is -0.458 e. The summed E-state index contributed by atoms with van der Waals surface area (Å²) in [6, 6.07) is 16.9. The Morgan fingerprint density at radius 2 is 1.77 bits per heavy atom. The average molecular weight is 318 g/mol. The highest BCUT2D eigenvalue weighted by Gasteiger charge is 2.14. The molecule has 1 atom stereocenters. The van der Waals surface area contributed by atoms with E-state index in [-0.39, 0.29) is 12.1 Å². The van der Waals surface area contributed by atoms with Crippen LogP contribution < -0.4 is 0 Å². The Morgan fingerprint density at radius 3 is 2.41 bits per heavy atom. The number of esters is 1. The summed E-state index contributed by atoms with van der Waals surface area (Å²) >= 11 is 5.81. The highest BCUT2D eigenvalue weighted by Crippen LogP contribution is 2.12. The number of likely N-dealkylation sites (N-methyl/N-ethyl adjacent to an activating group) is 1. The lowest BCUT2D eigenvalue weighted by Gasteiger charge is -2.21. The van der Waals surface area contributed by atoms with Gasteiger partial charge in [0.1, 0.15) is 6.10 Å². The summed E-state index contributed by atoms with van der Waals surface area (Å²) in [6.07, 6.45) is -0.183. The molecule has 116 valence electrons. The van der Waals surface area contributed by atoms with E-state index in [2.05, 4.69) is 17.0 Å². The van der Waals surface area contributed by atoms with E-state index in [1.54, 1.807) is 24.3 Å². The van der Waals surface area contributed by atoms with Gasteiger partial charge in [-0.25, -0.2) is 4.79 Å². The number of carbonyl (C=O) groups is 1. The maximum atomic E-state index is 12.0. The van der Waals surface area contributed by atoms with Gasteiger partial charge in [-0.3, -0.25) is 4.90 Å². The van der Waals surface area contributed by atoms with Crippen molar-refractivity contribution in [2.45, 2.75) is 19.6 Å². The molecule has 2 rings (SSSR count). The summed E-state index contributed by atoms with van der Waals surface area (Å²) in [5, 5.41) is 0.604. The number of benzene rings is 2. The molecule has 0 aliphatic heterocycles. The van der Waals surface area contributed by atoms with Crippen molar-refractivity contribution >= 4 is 17.6 Å². The molecular weight excluding hydrogens is 298 g/mol. The van der Waals surface area contributed by atoms with Gasteiger partial charge in [0.15, 0.2) is 0 Å². The molecule has 0 amide bonds. The van der Waals surface area contributed by atoms with Gasteiger partial charge in [-0.15, -0.1) is 0 Å². The third-order valence-electron chi connectivity index (χ3n) is 3.25. The molecule has 0 bridgehead atoms. The molecule has 0 N–H and O–H groups in total. The highest BCUT2D eigenvalue weighted by molar-refractivity contribution is 6.30. The monoisotopic (exact) mass is 317 g/mol. The maximum absolute atomic E-state index is 12.0. The van der Waals surface area contributed by atoms with E-state index in [0.717, 1.165) is 6.54 Å². The molecule has 0 heterocycles. The SMILES string of the molecule is C[C@@H](CN(C)Cc1ccccc1)OC(=O)c1ccc(Cl)cc1. The molecule has 0 spiro atoms. The third-order valence-corrected chi connectivity index (χ3v) is 3.50. The zero-order valence-electron chi connectivity index (χ0n) is 12.8. The second kappa shape index (κ2) is 7.97. The van der Waals surface area contributed by atoms with Crippen LogP contribution in [0.15, 0.2) is 54.6 Å². The van der Waals surface area contributed by atoms with Gasteiger partial charge >= 0.3 is 5.97 Å². The van der Waals surface area contributed by atoms with Crippen LogP contribution in [0.4, 0.5) is 0 Å².